The van der Waals surface area contributed by atoms with Gasteiger partial charge in [-0.05, 0) is 74.6 Å². The number of carbonyl (C=O) groups is 2. The number of rotatable bonds is 11. The molecule has 0 aliphatic carbocycles. The number of carboxylic acids is 1. The summed E-state index contributed by atoms with van der Waals surface area (Å²) in [6.45, 7) is 7.36. The van der Waals surface area contributed by atoms with E-state index in [1.165, 1.54) is 12.0 Å². The van der Waals surface area contributed by atoms with E-state index in [1.54, 1.807) is 0 Å². The Hall–Kier alpha value is -2.93. The summed E-state index contributed by atoms with van der Waals surface area (Å²) in [6.07, 6.45) is 6.44. The first-order valence-corrected chi connectivity index (χ1v) is 13.3. The van der Waals surface area contributed by atoms with Gasteiger partial charge >= 0.3 is 5.97 Å². The quantitative estimate of drug-likeness (QED) is 0.440. The van der Waals surface area contributed by atoms with Crippen LogP contribution in [0.4, 0.5) is 5.82 Å². The number of aromatic nitrogens is 1. The first-order chi connectivity index (χ1) is 17.3. The number of pyridine rings is 1. The van der Waals surface area contributed by atoms with Crippen LogP contribution in [0.3, 0.4) is 0 Å². The lowest BCUT2D eigenvalue weighted by atomic mass is 9.84. The van der Waals surface area contributed by atoms with Gasteiger partial charge in [0.2, 0.25) is 5.91 Å². The number of carboxylic acid groups (broad SMARTS) is 1. The Morgan fingerprint density at radius 2 is 2.03 bits per heavy atom. The van der Waals surface area contributed by atoms with Crippen LogP contribution in [-0.2, 0) is 28.9 Å². The van der Waals surface area contributed by atoms with Gasteiger partial charge in [0.1, 0.15) is 11.9 Å². The Morgan fingerprint density at radius 1 is 1.22 bits per heavy atom. The van der Waals surface area contributed by atoms with Crippen LogP contribution >= 0.6 is 0 Å². The van der Waals surface area contributed by atoms with Gasteiger partial charge in [0.25, 0.3) is 0 Å². The summed E-state index contributed by atoms with van der Waals surface area (Å²) >= 11 is 0. The molecule has 4 rings (SSSR count). The van der Waals surface area contributed by atoms with Crippen molar-refractivity contribution < 1.29 is 14.7 Å². The first-order valence-electron chi connectivity index (χ1n) is 13.3. The molecule has 1 aromatic carbocycles. The molecule has 1 fully saturated rings. The molecule has 1 unspecified atom stereocenters. The molecule has 1 saturated heterocycles. The van der Waals surface area contributed by atoms with Crippen molar-refractivity contribution in [2.24, 2.45) is 11.3 Å². The zero-order valence-electron chi connectivity index (χ0n) is 21.6. The average molecular weight is 493 g/mol. The summed E-state index contributed by atoms with van der Waals surface area (Å²) in [5.74, 6) is 0.464. The molecule has 36 heavy (non-hydrogen) atoms. The number of hydrogen-bond donors (Lipinski definition) is 3. The van der Waals surface area contributed by atoms with Crippen LogP contribution in [-0.4, -0.2) is 59.1 Å². The van der Waals surface area contributed by atoms with Gasteiger partial charge in [-0.25, -0.2) is 9.78 Å². The van der Waals surface area contributed by atoms with Gasteiger partial charge in [-0.1, -0.05) is 50.2 Å². The second kappa shape index (κ2) is 11.9. The first kappa shape index (κ1) is 26.1. The van der Waals surface area contributed by atoms with Crippen molar-refractivity contribution in [3.63, 3.8) is 0 Å². The van der Waals surface area contributed by atoms with E-state index in [0.717, 1.165) is 62.4 Å². The van der Waals surface area contributed by atoms with E-state index >= 15 is 0 Å². The maximum Gasteiger partial charge on any atom is 0.326 e. The highest BCUT2D eigenvalue weighted by Crippen LogP contribution is 2.25. The molecule has 2 atom stereocenters. The van der Waals surface area contributed by atoms with Crippen molar-refractivity contribution in [2.45, 2.75) is 64.8 Å². The van der Waals surface area contributed by atoms with Crippen molar-refractivity contribution in [2.75, 3.05) is 31.5 Å². The summed E-state index contributed by atoms with van der Waals surface area (Å²) in [4.78, 5) is 32.0. The highest BCUT2D eigenvalue weighted by atomic mass is 16.4. The maximum atomic E-state index is 12.9. The highest BCUT2D eigenvalue weighted by molar-refractivity contribution is 5.87. The average Bonchev–Trinajstić information content (AvgIpc) is 3.33. The Morgan fingerprint density at radius 3 is 2.81 bits per heavy atom. The van der Waals surface area contributed by atoms with Gasteiger partial charge < -0.3 is 20.6 Å². The molecule has 2 aliphatic heterocycles. The number of aliphatic carboxylic acids is 1. The van der Waals surface area contributed by atoms with Crippen LogP contribution in [0.1, 0.15) is 56.4 Å². The van der Waals surface area contributed by atoms with Crippen molar-refractivity contribution in [3.8, 4) is 0 Å². The van der Waals surface area contributed by atoms with E-state index < -0.39 is 17.4 Å². The van der Waals surface area contributed by atoms with Gasteiger partial charge in [0, 0.05) is 30.7 Å². The fraction of sp³-hybridized carbons (Fsp3) is 0.552. The molecule has 1 amide bonds. The van der Waals surface area contributed by atoms with E-state index in [9.17, 15) is 14.7 Å². The van der Waals surface area contributed by atoms with E-state index in [4.69, 9.17) is 4.98 Å². The minimum absolute atomic E-state index is 0.218. The standard InChI is InChI=1S/C29H40N4O3/c1-29(2,19-21-7-4-3-5-8-21)28(36)32-25(27(34)35)15-18-33-17-14-22(20-33)10-12-24-13-11-23-9-6-16-30-26(23)31-24/h3-5,7-8,11,13,22,25H,6,9-10,12,14-20H2,1-2H3,(H,30,31)(H,32,36)(H,34,35)/t22-,25?/m1/s1. The summed E-state index contributed by atoms with van der Waals surface area (Å²) in [5.41, 5.74) is 2.84. The summed E-state index contributed by atoms with van der Waals surface area (Å²) < 4.78 is 0. The lowest BCUT2D eigenvalue weighted by molar-refractivity contribution is -0.143. The molecule has 2 aliphatic rings. The highest BCUT2D eigenvalue weighted by Gasteiger charge is 2.32. The van der Waals surface area contributed by atoms with Crippen LogP contribution < -0.4 is 10.6 Å². The number of fused-ring (bicyclic) bond motifs is 1. The van der Waals surface area contributed by atoms with Gasteiger partial charge in [0.15, 0.2) is 0 Å². The molecular weight excluding hydrogens is 452 g/mol. The largest absolute Gasteiger partial charge is 0.480 e. The Balaban J connectivity index is 1.22. The minimum atomic E-state index is -0.971. The molecular formula is C29H40N4O3. The predicted octanol–water partition coefficient (Wildman–Crippen LogP) is 3.92. The molecule has 7 nitrogen and oxygen atoms in total. The van der Waals surface area contributed by atoms with Crippen molar-refractivity contribution >= 4 is 17.7 Å². The van der Waals surface area contributed by atoms with Gasteiger partial charge in [0.05, 0.1) is 0 Å². The van der Waals surface area contributed by atoms with Gasteiger partial charge in [-0.15, -0.1) is 0 Å². The maximum absolute atomic E-state index is 12.9. The lowest BCUT2D eigenvalue weighted by Crippen LogP contribution is -2.48. The van der Waals surface area contributed by atoms with Crippen molar-refractivity contribution in [1.82, 2.24) is 15.2 Å². The number of benzene rings is 1. The SMILES string of the molecule is CC(C)(Cc1ccccc1)C(=O)NC(CCN1CC[C@@H](CCc2ccc3c(n2)NCCC3)C1)C(=O)O. The number of likely N-dealkylation sites (tertiary alicyclic amines) is 1. The summed E-state index contributed by atoms with van der Waals surface area (Å²) in [7, 11) is 0. The molecule has 2 aromatic rings. The molecule has 3 N–H and O–H groups in total. The third kappa shape index (κ3) is 7.06. The Labute approximate surface area is 214 Å². The third-order valence-corrected chi connectivity index (χ3v) is 7.57. The van der Waals surface area contributed by atoms with Crippen molar-refractivity contribution in [3.05, 3.63) is 59.3 Å². The van der Waals surface area contributed by atoms with E-state index in [2.05, 4.69) is 27.7 Å². The number of anilines is 1. The fourth-order valence-corrected chi connectivity index (χ4v) is 5.32. The van der Waals surface area contributed by atoms with Crippen molar-refractivity contribution in [1.29, 1.82) is 0 Å². The van der Waals surface area contributed by atoms with E-state index in [1.807, 2.05) is 44.2 Å². The molecule has 7 heteroatoms. The zero-order valence-corrected chi connectivity index (χ0v) is 21.6. The van der Waals surface area contributed by atoms with Gasteiger partial charge in [-0.3, -0.25) is 4.79 Å². The van der Waals surface area contributed by atoms with E-state index in [0.29, 0.717) is 25.3 Å². The fourth-order valence-electron chi connectivity index (χ4n) is 5.32. The number of aryl methyl sites for hydroxylation is 2. The van der Waals surface area contributed by atoms with Crippen LogP contribution in [0.2, 0.25) is 0 Å². The number of carbonyl (C=O) groups excluding carboxylic acids is 1. The number of hydrogen-bond acceptors (Lipinski definition) is 5. The van der Waals surface area contributed by atoms with Crippen LogP contribution in [0.5, 0.6) is 0 Å². The monoisotopic (exact) mass is 492 g/mol. The number of nitrogens with zero attached hydrogens (tertiary/aromatic N) is 2. The van der Waals surface area contributed by atoms with Crippen LogP contribution in [0.15, 0.2) is 42.5 Å². The number of amides is 1. The van der Waals surface area contributed by atoms with Crippen LogP contribution in [0, 0.1) is 11.3 Å². The molecule has 0 radical (unpaired) electrons. The molecule has 1 aromatic heterocycles. The Bertz CT molecular complexity index is 1040. The van der Waals surface area contributed by atoms with Gasteiger partial charge in [-0.2, -0.15) is 0 Å². The second-order valence-corrected chi connectivity index (χ2v) is 11.0. The zero-order chi connectivity index (χ0) is 25.5. The minimum Gasteiger partial charge on any atom is -0.480 e. The normalized spacial score (nSPS) is 18.8. The molecule has 194 valence electrons. The van der Waals surface area contributed by atoms with Crippen LogP contribution in [0.25, 0.3) is 0 Å². The molecule has 0 saturated carbocycles. The predicted molar refractivity (Wildman–Crippen MR) is 142 cm³/mol. The summed E-state index contributed by atoms with van der Waals surface area (Å²) in [5, 5.41) is 16.0. The Kier molecular flexibility index (Phi) is 8.62. The number of nitrogens with one attached hydrogen (secondary N) is 2. The molecule has 0 bridgehead atoms. The molecule has 3 heterocycles. The lowest BCUT2D eigenvalue weighted by Gasteiger charge is -2.27. The van der Waals surface area contributed by atoms with E-state index in [-0.39, 0.29) is 5.91 Å². The molecule has 0 spiro atoms. The smallest absolute Gasteiger partial charge is 0.326 e. The summed E-state index contributed by atoms with van der Waals surface area (Å²) in [6, 6.07) is 13.3. The third-order valence-electron chi connectivity index (χ3n) is 7.57. The topological polar surface area (TPSA) is 94.6 Å². The second-order valence-electron chi connectivity index (χ2n) is 11.0.